The first-order valence-electron chi connectivity index (χ1n) is 7.52. The number of amides is 3. The van der Waals surface area contributed by atoms with Gasteiger partial charge in [0.2, 0.25) is 5.91 Å². The number of carbonyl (C=O) groups excluding carboxylic acids is 2. The molecule has 3 N–H and O–H groups in total. The molecule has 0 spiro atoms. The smallest absolute Gasteiger partial charge is 0.404 e. The van der Waals surface area contributed by atoms with E-state index < -0.39 is 24.1 Å². The summed E-state index contributed by atoms with van der Waals surface area (Å²) >= 11 is 0. The Morgan fingerprint density at radius 3 is 2.50 bits per heavy atom. The topological polar surface area (TPSA) is 79.5 Å². The molecule has 6 nitrogen and oxygen atoms in total. The van der Waals surface area contributed by atoms with E-state index in [9.17, 15) is 22.8 Å². The minimum Gasteiger partial charge on any atom is -0.404 e. The van der Waals surface area contributed by atoms with Crippen molar-refractivity contribution < 1.29 is 27.5 Å². The molecule has 1 aromatic carbocycles. The van der Waals surface area contributed by atoms with Gasteiger partial charge in [0, 0.05) is 6.04 Å². The molecule has 1 fully saturated rings. The third-order valence-corrected chi connectivity index (χ3v) is 3.50. The molecule has 1 aliphatic carbocycles. The first kappa shape index (κ1) is 17.9. The van der Waals surface area contributed by atoms with Crippen LogP contribution in [0.25, 0.3) is 0 Å². The molecule has 0 atom stereocenters. The maximum absolute atomic E-state index is 12.3. The third-order valence-electron chi connectivity index (χ3n) is 3.50. The number of nitrogens with one attached hydrogen (secondary N) is 3. The Kier molecular flexibility index (Phi) is 5.88. The summed E-state index contributed by atoms with van der Waals surface area (Å²) < 4.78 is 40.8. The molecule has 0 radical (unpaired) electrons. The largest absolute Gasteiger partial charge is 0.573 e. The number of imide groups is 1. The highest BCUT2D eigenvalue weighted by Gasteiger charge is 2.32. The molecule has 0 bridgehead atoms. The summed E-state index contributed by atoms with van der Waals surface area (Å²) in [6.45, 7) is -0.365. The second-order valence-corrected chi connectivity index (χ2v) is 5.40. The molecule has 1 aliphatic rings. The molecular formula is C15H18F3N3O3. The van der Waals surface area contributed by atoms with Gasteiger partial charge in [0.25, 0.3) is 0 Å². The summed E-state index contributed by atoms with van der Waals surface area (Å²) in [7, 11) is 0. The van der Waals surface area contributed by atoms with E-state index in [0.29, 0.717) is 0 Å². The number of para-hydroxylation sites is 2. The summed E-state index contributed by atoms with van der Waals surface area (Å²) in [6, 6.07) is 4.80. The normalized spacial score (nSPS) is 15.0. The number of alkyl halides is 3. The van der Waals surface area contributed by atoms with E-state index in [0.717, 1.165) is 31.7 Å². The van der Waals surface area contributed by atoms with Gasteiger partial charge in [-0.3, -0.25) is 10.1 Å². The van der Waals surface area contributed by atoms with Crippen LogP contribution < -0.4 is 20.7 Å². The Labute approximate surface area is 136 Å². The van der Waals surface area contributed by atoms with Gasteiger partial charge in [0.1, 0.15) is 0 Å². The number of rotatable bonds is 5. The van der Waals surface area contributed by atoms with E-state index in [-0.39, 0.29) is 18.3 Å². The highest BCUT2D eigenvalue weighted by atomic mass is 19.4. The summed E-state index contributed by atoms with van der Waals surface area (Å²) in [5.41, 5.74) is 0.00109. The number of hydrogen-bond acceptors (Lipinski definition) is 4. The number of hydrogen-bond donors (Lipinski definition) is 3. The van der Waals surface area contributed by atoms with Gasteiger partial charge in [0.15, 0.2) is 5.75 Å². The standard InChI is InChI=1S/C15H18F3N3O3/c16-15(17,18)24-12-8-4-3-7-11(12)19-9-13(22)21-14(23)20-10-5-1-2-6-10/h3-4,7-8,10,19H,1-2,5-6,9H2,(H2,20,21,22,23). The zero-order valence-corrected chi connectivity index (χ0v) is 12.8. The van der Waals surface area contributed by atoms with Crippen LogP contribution in [0.1, 0.15) is 25.7 Å². The van der Waals surface area contributed by atoms with Crippen LogP contribution in [0.2, 0.25) is 0 Å². The number of anilines is 1. The lowest BCUT2D eigenvalue weighted by molar-refractivity contribution is -0.274. The van der Waals surface area contributed by atoms with Crippen LogP contribution in [-0.2, 0) is 4.79 Å². The van der Waals surface area contributed by atoms with Gasteiger partial charge in [-0.15, -0.1) is 13.2 Å². The fourth-order valence-corrected chi connectivity index (χ4v) is 2.46. The van der Waals surface area contributed by atoms with E-state index in [1.807, 2.05) is 0 Å². The van der Waals surface area contributed by atoms with Crippen molar-refractivity contribution in [2.45, 2.75) is 38.1 Å². The van der Waals surface area contributed by atoms with E-state index in [4.69, 9.17) is 0 Å². The van der Waals surface area contributed by atoms with Crippen LogP contribution in [0.15, 0.2) is 24.3 Å². The lowest BCUT2D eigenvalue weighted by atomic mass is 10.2. The molecule has 0 unspecified atom stereocenters. The van der Waals surface area contributed by atoms with Crippen molar-refractivity contribution in [2.75, 3.05) is 11.9 Å². The van der Waals surface area contributed by atoms with E-state index in [1.165, 1.54) is 18.2 Å². The summed E-state index contributed by atoms with van der Waals surface area (Å²) in [5.74, 6) is -1.11. The van der Waals surface area contributed by atoms with Crippen LogP contribution in [0.5, 0.6) is 5.75 Å². The van der Waals surface area contributed by atoms with Gasteiger partial charge in [-0.25, -0.2) is 4.79 Å². The number of halogens is 3. The lowest BCUT2D eigenvalue weighted by Crippen LogP contribution is -2.45. The fraction of sp³-hybridized carbons (Fsp3) is 0.467. The molecule has 132 valence electrons. The second kappa shape index (κ2) is 7.89. The molecule has 9 heteroatoms. The molecule has 3 amide bonds. The molecule has 0 heterocycles. The molecule has 24 heavy (non-hydrogen) atoms. The number of ether oxygens (including phenoxy) is 1. The quantitative estimate of drug-likeness (QED) is 0.767. The van der Waals surface area contributed by atoms with Gasteiger partial charge in [-0.1, -0.05) is 25.0 Å². The van der Waals surface area contributed by atoms with Gasteiger partial charge in [-0.2, -0.15) is 0 Å². The predicted molar refractivity (Wildman–Crippen MR) is 80.5 cm³/mol. The van der Waals surface area contributed by atoms with Crippen LogP contribution >= 0.6 is 0 Å². The van der Waals surface area contributed by atoms with Gasteiger partial charge < -0.3 is 15.4 Å². The van der Waals surface area contributed by atoms with Crippen molar-refractivity contribution in [1.29, 1.82) is 0 Å². The average Bonchev–Trinajstić information content (AvgIpc) is 2.97. The predicted octanol–water partition coefficient (Wildman–Crippen LogP) is 2.77. The van der Waals surface area contributed by atoms with Crippen molar-refractivity contribution in [1.82, 2.24) is 10.6 Å². The second-order valence-electron chi connectivity index (χ2n) is 5.40. The first-order chi connectivity index (χ1) is 11.3. The van der Waals surface area contributed by atoms with Crippen LogP contribution in [0.3, 0.4) is 0 Å². The molecule has 0 saturated heterocycles. The van der Waals surface area contributed by atoms with Crippen molar-refractivity contribution in [3.8, 4) is 5.75 Å². The van der Waals surface area contributed by atoms with Crippen molar-refractivity contribution in [3.63, 3.8) is 0 Å². The molecule has 0 aliphatic heterocycles. The SMILES string of the molecule is O=C(CNc1ccccc1OC(F)(F)F)NC(=O)NC1CCCC1. The zero-order valence-electron chi connectivity index (χ0n) is 12.8. The minimum atomic E-state index is -4.83. The Hall–Kier alpha value is -2.45. The fourth-order valence-electron chi connectivity index (χ4n) is 2.46. The highest BCUT2D eigenvalue weighted by molar-refractivity contribution is 5.96. The van der Waals surface area contributed by atoms with E-state index in [2.05, 4.69) is 20.7 Å². The maximum atomic E-state index is 12.3. The van der Waals surface area contributed by atoms with Crippen molar-refractivity contribution in [2.24, 2.45) is 0 Å². The monoisotopic (exact) mass is 345 g/mol. The van der Waals surface area contributed by atoms with Gasteiger partial charge in [0.05, 0.1) is 12.2 Å². The summed E-state index contributed by atoms with van der Waals surface area (Å²) in [4.78, 5) is 23.3. The number of benzene rings is 1. The Morgan fingerprint density at radius 1 is 1.17 bits per heavy atom. The lowest BCUT2D eigenvalue weighted by Gasteiger charge is -2.15. The molecule has 1 aromatic rings. The van der Waals surface area contributed by atoms with Gasteiger partial charge in [-0.05, 0) is 25.0 Å². The van der Waals surface area contributed by atoms with Crippen molar-refractivity contribution in [3.05, 3.63) is 24.3 Å². The van der Waals surface area contributed by atoms with Crippen molar-refractivity contribution >= 4 is 17.6 Å². The summed E-state index contributed by atoms with van der Waals surface area (Å²) in [6.07, 6.45) is -1.00. The van der Waals surface area contributed by atoms with E-state index in [1.54, 1.807) is 0 Å². The van der Waals surface area contributed by atoms with Crippen LogP contribution in [-0.4, -0.2) is 30.9 Å². The summed E-state index contributed by atoms with van der Waals surface area (Å²) in [5, 5.41) is 7.33. The maximum Gasteiger partial charge on any atom is 0.573 e. The third kappa shape index (κ3) is 5.98. The van der Waals surface area contributed by atoms with Crippen LogP contribution in [0.4, 0.5) is 23.7 Å². The Balaban J connectivity index is 1.82. The highest BCUT2D eigenvalue weighted by Crippen LogP contribution is 2.29. The number of carbonyl (C=O) groups is 2. The zero-order chi connectivity index (χ0) is 17.6. The number of urea groups is 1. The molecular weight excluding hydrogens is 327 g/mol. The van der Waals surface area contributed by atoms with Crippen LogP contribution in [0, 0.1) is 0 Å². The van der Waals surface area contributed by atoms with Gasteiger partial charge >= 0.3 is 12.4 Å². The first-order valence-corrected chi connectivity index (χ1v) is 7.52. The average molecular weight is 345 g/mol. The molecule has 0 aromatic heterocycles. The Morgan fingerprint density at radius 2 is 1.83 bits per heavy atom. The van der Waals surface area contributed by atoms with E-state index >= 15 is 0 Å². The molecule has 1 saturated carbocycles. The molecule has 2 rings (SSSR count). The minimum absolute atomic E-state index is 0.00109. The Bertz CT molecular complexity index is 587.